The summed E-state index contributed by atoms with van der Waals surface area (Å²) in [6.07, 6.45) is 8.02. The highest BCUT2D eigenvalue weighted by Crippen LogP contribution is 2.36. The van der Waals surface area contributed by atoms with Gasteiger partial charge in [-0.15, -0.1) is 0 Å². The molecule has 6 rings (SSSR count). The first-order chi connectivity index (χ1) is 13.9. The molecule has 0 aliphatic rings. The van der Waals surface area contributed by atoms with E-state index < -0.39 is 0 Å². The van der Waals surface area contributed by atoms with Crippen molar-refractivity contribution >= 4 is 22.1 Å². The van der Waals surface area contributed by atoms with Crippen molar-refractivity contribution in [1.82, 2.24) is 18.8 Å². The topological polar surface area (TPSA) is 34.6 Å². The van der Waals surface area contributed by atoms with E-state index in [9.17, 15) is 0 Å². The Morgan fingerprint density at radius 1 is 0.500 bits per heavy atom. The quantitative estimate of drug-likeness (QED) is 0.410. The molecule has 4 heteroatoms. The van der Waals surface area contributed by atoms with E-state index in [-0.39, 0.29) is 0 Å². The van der Waals surface area contributed by atoms with Crippen LogP contribution in [-0.2, 0) is 0 Å². The van der Waals surface area contributed by atoms with Gasteiger partial charge in [-0.25, -0.2) is 9.97 Å². The Morgan fingerprint density at radius 2 is 0.964 bits per heavy atom. The van der Waals surface area contributed by atoms with Crippen LogP contribution in [0.4, 0.5) is 0 Å². The van der Waals surface area contributed by atoms with Crippen molar-refractivity contribution in [2.24, 2.45) is 0 Å². The maximum Gasteiger partial charge on any atom is 0.137 e. The molecule has 0 bridgehead atoms. The molecule has 0 amide bonds. The molecule has 0 N–H and O–H groups in total. The third-order valence-electron chi connectivity index (χ3n) is 5.31. The lowest BCUT2D eigenvalue weighted by atomic mass is 9.96. The van der Waals surface area contributed by atoms with E-state index in [0.717, 1.165) is 22.7 Å². The lowest BCUT2D eigenvalue weighted by molar-refractivity contribution is 1.19. The number of hydrogen-bond acceptors (Lipinski definition) is 2. The van der Waals surface area contributed by atoms with Crippen LogP contribution in [0.15, 0.2) is 97.6 Å². The fourth-order valence-electron chi connectivity index (χ4n) is 4.01. The highest BCUT2D eigenvalue weighted by Gasteiger charge is 2.14. The Bertz CT molecular complexity index is 1360. The van der Waals surface area contributed by atoms with Crippen molar-refractivity contribution in [2.75, 3.05) is 0 Å². The smallest absolute Gasteiger partial charge is 0.137 e. The molecule has 132 valence electrons. The van der Waals surface area contributed by atoms with E-state index in [1.54, 1.807) is 0 Å². The van der Waals surface area contributed by atoms with Gasteiger partial charge in [-0.1, -0.05) is 48.5 Å². The number of nitrogens with zero attached hydrogens (tertiary/aromatic N) is 4. The van der Waals surface area contributed by atoms with Crippen molar-refractivity contribution in [2.45, 2.75) is 0 Å². The summed E-state index contributed by atoms with van der Waals surface area (Å²) >= 11 is 0. The summed E-state index contributed by atoms with van der Waals surface area (Å²) in [5, 5.41) is 2.41. The average molecular weight is 360 g/mol. The van der Waals surface area contributed by atoms with Gasteiger partial charge in [-0.05, 0) is 35.0 Å². The normalized spacial score (nSPS) is 11.6. The third-order valence-corrected chi connectivity index (χ3v) is 5.31. The Hall–Kier alpha value is -3.92. The maximum absolute atomic E-state index is 4.56. The molecule has 28 heavy (non-hydrogen) atoms. The number of rotatable bonds is 2. The zero-order valence-electron chi connectivity index (χ0n) is 15.0. The van der Waals surface area contributed by atoms with Crippen LogP contribution in [0.5, 0.6) is 0 Å². The van der Waals surface area contributed by atoms with Gasteiger partial charge in [0.15, 0.2) is 0 Å². The second kappa shape index (κ2) is 5.79. The zero-order valence-corrected chi connectivity index (χ0v) is 15.0. The van der Waals surface area contributed by atoms with Crippen LogP contribution in [-0.4, -0.2) is 18.8 Å². The molecule has 0 saturated carbocycles. The van der Waals surface area contributed by atoms with Gasteiger partial charge in [-0.3, -0.25) is 8.80 Å². The minimum absolute atomic E-state index is 0.951. The predicted molar refractivity (Wildman–Crippen MR) is 112 cm³/mol. The van der Waals surface area contributed by atoms with E-state index in [2.05, 4.69) is 67.6 Å². The van der Waals surface area contributed by atoms with E-state index in [1.165, 1.54) is 21.9 Å². The molecule has 6 aromatic rings. The second-order valence-corrected chi connectivity index (χ2v) is 6.85. The standard InChI is InChI=1S/C24H16N4/c1-2-8-18-17(7-1)19(21-15-25-23-9-3-5-13-27(21)23)11-12-20(18)22-16-26-24-10-4-6-14-28(22)24/h1-16H. The summed E-state index contributed by atoms with van der Waals surface area (Å²) in [6, 6.07) is 25.1. The third kappa shape index (κ3) is 2.12. The van der Waals surface area contributed by atoms with E-state index in [0.29, 0.717) is 0 Å². The molecule has 4 aromatic heterocycles. The fourth-order valence-corrected chi connectivity index (χ4v) is 4.01. The number of aromatic nitrogens is 4. The van der Waals surface area contributed by atoms with Gasteiger partial charge in [0.1, 0.15) is 11.3 Å². The number of hydrogen-bond donors (Lipinski definition) is 0. The summed E-state index contributed by atoms with van der Waals surface area (Å²) < 4.78 is 4.27. The van der Waals surface area contributed by atoms with Crippen molar-refractivity contribution in [1.29, 1.82) is 0 Å². The number of benzene rings is 2. The first kappa shape index (κ1) is 15.2. The minimum Gasteiger partial charge on any atom is -0.300 e. The molecular weight excluding hydrogens is 344 g/mol. The zero-order chi connectivity index (χ0) is 18.5. The molecule has 0 atom stereocenters. The van der Waals surface area contributed by atoms with Gasteiger partial charge in [-0.2, -0.15) is 0 Å². The van der Waals surface area contributed by atoms with Gasteiger partial charge < -0.3 is 0 Å². The molecule has 0 spiro atoms. The van der Waals surface area contributed by atoms with Crippen LogP contribution in [0.1, 0.15) is 0 Å². The van der Waals surface area contributed by atoms with Gasteiger partial charge in [0.2, 0.25) is 0 Å². The van der Waals surface area contributed by atoms with Gasteiger partial charge >= 0.3 is 0 Å². The van der Waals surface area contributed by atoms with Crippen LogP contribution in [0.25, 0.3) is 44.6 Å². The molecule has 0 aliphatic carbocycles. The summed E-state index contributed by atoms with van der Waals surface area (Å²) in [7, 11) is 0. The molecule has 0 radical (unpaired) electrons. The summed E-state index contributed by atoms with van der Waals surface area (Å²) in [4.78, 5) is 9.13. The number of pyridine rings is 2. The molecule has 0 unspecified atom stereocenters. The number of fused-ring (bicyclic) bond motifs is 3. The molecule has 2 aromatic carbocycles. The van der Waals surface area contributed by atoms with Crippen LogP contribution in [0, 0.1) is 0 Å². The lowest BCUT2D eigenvalue weighted by Crippen LogP contribution is -1.92. The predicted octanol–water partition coefficient (Wildman–Crippen LogP) is 5.47. The first-order valence-electron chi connectivity index (χ1n) is 9.27. The van der Waals surface area contributed by atoms with Gasteiger partial charge in [0.25, 0.3) is 0 Å². The Morgan fingerprint density at radius 3 is 1.46 bits per heavy atom. The molecular formula is C24H16N4. The van der Waals surface area contributed by atoms with Crippen LogP contribution in [0.3, 0.4) is 0 Å². The van der Waals surface area contributed by atoms with E-state index >= 15 is 0 Å². The maximum atomic E-state index is 4.56. The summed E-state index contributed by atoms with van der Waals surface area (Å²) in [5.74, 6) is 0. The van der Waals surface area contributed by atoms with Crippen LogP contribution < -0.4 is 0 Å². The van der Waals surface area contributed by atoms with Crippen molar-refractivity contribution in [3.05, 3.63) is 97.6 Å². The fraction of sp³-hybridized carbons (Fsp3) is 0. The first-order valence-corrected chi connectivity index (χ1v) is 9.27. The minimum atomic E-state index is 0.951. The second-order valence-electron chi connectivity index (χ2n) is 6.85. The van der Waals surface area contributed by atoms with Crippen LogP contribution in [0.2, 0.25) is 0 Å². The highest BCUT2D eigenvalue weighted by atomic mass is 15.0. The number of imidazole rings is 2. The summed E-state index contributed by atoms with van der Waals surface area (Å²) in [5.41, 5.74) is 6.44. The lowest BCUT2D eigenvalue weighted by Gasteiger charge is -2.11. The molecule has 0 aliphatic heterocycles. The molecule has 0 saturated heterocycles. The Balaban J connectivity index is 1.66. The summed E-state index contributed by atoms with van der Waals surface area (Å²) in [6.45, 7) is 0. The molecule has 4 heterocycles. The largest absolute Gasteiger partial charge is 0.300 e. The Labute approximate surface area is 161 Å². The molecule has 4 nitrogen and oxygen atoms in total. The average Bonchev–Trinajstić information content (AvgIpc) is 3.37. The Kier molecular flexibility index (Phi) is 3.14. The highest BCUT2D eigenvalue weighted by molar-refractivity contribution is 6.04. The SMILES string of the molecule is c1ccc2c(-c3cnc4ccccn34)ccc(-c3cnc4ccccn34)c2c1. The van der Waals surface area contributed by atoms with Crippen LogP contribution >= 0.6 is 0 Å². The van der Waals surface area contributed by atoms with Gasteiger partial charge in [0.05, 0.1) is 23.8 Å². The van der Waals surface area contributed by atoms with Crippen molar-refractivity contribution in [3.63, 3.8) is 0 Å². The van der Waals surface area contributed by atoms with E-state index in [1.807, 2.05) is 48.8 Å². The molecule has 0 fully saturated rings. The van der Waals surface area contributed by atoms with Crippen molar-refractivity contribution in [3.8, 4) is 22.5 Å². The van der Waals surface area contributed by atoms with E-state index in [4.69, 9.17) is 0 Å². The van der Waals surface area contributed by atoms with Gasteiger partial charge in [0, 0.05) is 23.5 Å². The van der Waals surface area contributed by atoms with Crippen molar-refractivity contribution < 1.29 is 0 Å². The monoisotopic (exact) mass is 360 g/mol.